The summed E-state index contributed by atoms with van der Waals surface area (Å²) in [5.41, 5.74) is -0.196. The van der Waals surface area contributed by atoms with Gasteiger partial charge in [-0.25, -0.2) is 4.79 Å². The van der Waals surface area contributed by atoms with E-state index in [-0.39, 0.29) is 17.2 Å². The van der Waals surface area contributed by atoms with Crippen LogP contribution < -0.4 is 0 Å². The van der Waals surface area contributed by atoms with Gasteiger partial charge in [0.15, 0.2) is 6.10 Å². The van der Waals surface area contributed by atoms with E-state index >= 15 is 0 Å². The predicted molar refractivity (Wildman–Crippen MR) is 60.5 cm³/mol. The molecule has 0 aromatic carbocycles. The van der Waals surface area contributed by atoms with Crippen molar-refractivity contribution in [3.05, 3.63) is 0 Å². The van der Waals surface area contributed by atoms with E-state index in [9.17, 15) is 19.5 Å². The summed E-state index contributed by atoms with van der Waals surface area (Å²) in [6.45, 7) is -0.441. The molecule has 1 saturated heterocycles. The van der Waals surface area contributed by atoms with E-state index in [2.05, 4.69) is 0 Å². The first kappa shape index (κ1) is 13.0. The molecule has 1 unspecified atom stereocenters. The summed E-state index contributed by atoms with van der Waals surface area (Å²) < 4.78 is 0. The van der Waals surface area contributed by atoms with E-state index in [1.807, 2.05) is 0 Å². The normalized spacial score (nSPS) is 24.6. The van der Waals surface area contributed by atoms with E-state index in [4.69, 9.17) is 5.11 Å². The van der Waals surface area contributed by atoms with Crippen molar-refractivity contribution in [3.8, 4) is 0 Å². The molecule has 1 aliphatic heterocycles. The number of aliphatic hydroxyl groups is 1. The molecule has 2 rings (SSSR count). The minimum Gasteiger partial charge on any atom is -0.479 e. The molecule has 1 spiro atoms. The first-order chi connectivity index (χ1) is 8.43. The van der Waals surface area contributed by atoms with Gasteiger partial charge in [-0.15, -0.1) is 0 Å². The number of hydrogen-bond donors (Lipinski definition) is 2. The monoisotopic (exact) mass is 255 g/mol. The summed E-state index contributed by atoms with van der Waals surface area (Å²) >= 11 is 0. The molecular formula is C12H17NO5. The Labute approximate surface area is 105 Å². The number of aliphatic carboxylic acids is 1. The number of rotatable bonds is 3. The van der Waals surface area contributed by atoms with Crippen LogP contribution in [-0.2, 0) is 14.4 Å². The number of carbonyl (C=O) groups excluding carboxylic acids is 2. The number of imide groups is 1. The van der Waals surface area contributed by atoms with Crippen molar-refractivity contribution in [2.24, 2.45) is 5.41 Å². The van der Waals surface area contributed by atoms with E-state index in [1.165, 1.54) is 0 Å². The topological polar surface area (TPSA) is 94.9 Å². The summed E-state index contributed by atoms with van der Waals surface area (Å²) in [5, 5.41) is 17.8. The first-order valence-corrected chi connectivity index (χ1v) is 6.18. The molecule has 0 aromatic heterocycles. The molecule has 2 aliphatic rings. The van der Waals surface area contributed by atoms with Gasteiger partial charge < -0.3 is 10.2 Å². The molecule has 0 radical (unpaired) electrons. The lowest BCUT2D eigenvalue weighted by Crippen LogP contribution is -2.50. The molecule has 0 aromatic rings. The van der Waals surface area contributed by atoms with Crippen molar-refractivity contribution in [2.45, 2.75) is 44.6 Å². The van der Waals surface area contributed by atoms with Gasteiger partial charge in [-0.05, 0) is 18.3 Å². The number of aliphatic hydroxyl groups excluding tert-OH is 1. The smallest absolute Gasteiger partial charge is 0.334 e. The number of hydrogen-bond acceptors (Lipinski definition) is 4. The van der Waals surface area contributed by atoms with Crippen LogP contribution >= 0.6 is 0 Å². The summed E-state index contributed by atoms with van der Waals surface area (Å²) in [5.74, 6) is -2.13. The standard InChI is InChI=1S/C12H17NO5/c14-8(11(17)18)7-13-9(15)5-12(6-10(13)16)3-1-2-4-12/h8,14H,1-7H2,(H,17,18). The molecule has 1 atom stereocenters. The fourth-order valence-electron chi connectivity index (χ4n) is 2.97. The van der Waals surface area contributed by atoms with Crippen molar-refractivity contribution >= 4 is 17.8 Å². The maximum absolute atomic E-state index is 11.9. The largest absolute Gasteiger partial charge is 0.479 e. The van der Waals surface area contributed by atoms with Gasteiger partial charge >= 0.3 is 5.97 Å². The number of β-amino-alcohol motifs (C(OH)–C–C–N with tert-alkyl or cyclic N) is 1. The second-order valence-electron chi connectivity index (χ2n) is 5.31. The van der Waals surface area contributed by atoms with Crippen LogP contribution in [0.15, 0.2) is 0 Å². The number of likely N-dealkylation sites (tertiary alicyclic amines) is 1. The Hall–Kier alpha value is -1.43. The molecule has 6 heteroatoms. The highest BCUT2D eigenvalue weighted by Crippen LogP contribution is 2.46. The van der Waals surface area contributed by atoms with Gasteiger partial charge in [0.1, 0.15) is 0 Å². The molecule has 2 fully saturated rings. The lowest BCUT2D eigenvalue weighted by atomic mass is 9.76. The van der Waals surface area contributed by atoms with Gasteiger partial charge in [-0.2, -0.15) is 0 Å². The zero-order valence-electron chi connectivity index (χ0n) is 10.1. The SMILES string of the molecule is O=C(O)C(O)CN1C(=O)CC2(CCCC2)CC1=O. The highest BCUT2D eigenvalue weighted by atomic mass is 16.4. The Bertz CT molecular complexity index is 366. The maximum Gasteiger partial charge on any atom is 0.334 e. The average molecular weight is 255 g/mol. The van der Waals surface area contributed by atoms with Crippen molar-refractivity contribution in [1.82, 2.24) is 4.90 Å². The zero-order chi connectivity index (χ0) is 13.3. The number of carboxylic acids is 1. The minimum atomic E-state index is -1.70. The van der Waals surface area contributed by atoms with Gasteiger partial charge in [0, 0.05) is 12.8 Å². The molecule has 2 amide bonds. The number of nitrogens with zero attached hydrogens (tertiary/aromatic N) is 1. The third-order valence-electron chi connectivity index (χ3n) is 3.96. The highest BCUT2D eigenvalue weighted by Gasteiger charge is 2.45. The Morgan fingerprint density at radius 2 is 1.72 bits per heavy atom. The molecule has 18 heavy (non-hydrogen) atoms. The summed E-state index contributed by atoms with van der Waals surface area (Å²) in [4.78, 5) is 35.3. The second kappa shape index (κ2) is 4.68. The van der Waals surface area contributed by atoms with Gasteiger partial charge in [0.2, 0.25) is 11.8 Å². The number of amides is 2. The van der Waals surface area contributed by atoms with Crippen LogP contribution in [0.2, 0.25) is 0 Å². The number of piperidine rings is 1. The fraction of sp³-hybridized carbons (Fsp3) is 0.750. The van der Waals surface area contributed by atoms with Crippen molar-refractivity contribution < 1.29 is 24.6 Å². The second-order valence-corrected chi connectivity index (χ2v) is 5.31. The Kier molecular flexibility index (Phi) is 3.38. The lowest BCUT2D eigenvalue weighted by molar-refractivity contribution is -0.158. The highest BCUT2D eigenvalue weighted by molar-refractivity contribution is 5.99. The molecule has 100 valence electrons. The van der Waals surface area contributed by atoms with Crippen LogP contribution in [0.4, 0.5) is 0 Å². The summed E-state index contributed by atoms with van der Waals surface area (Å²) in [7, 11) is 0. The lowest BCUT2D eigenvalue weighted by Gasteiger charge is -2.37. The molecular weight excluding hydrogens is 238 g/mol. The molecule has 0 bridgehead atoms. The summed E-state index contributed by atoms with van der Waals surface area (Å²) in [6, 6.07) is 0. The summed E-state index contributed by atoms with van der Waals surface area (Å²) in [6.07, 6.45) is 2.75. The number of carboxylic acid groups (broad SMARTS) is 1. The van der Waals surface area contributed by atoms with Crippen molar-refractivity contribution in [1.29, 1.82) is 0 Å². The number of carbonyl (C=O) groups is 3. The van der Waals surface area contributed by atoms with Crippen LogP contribution in [0.5, 0.6) is 0 Å². The molecule has 1 saturated carbocycles. The van der Waals surface area contributed by atoms with Crippen LogP contribution in [0.3, 0.4) is 0 Å². The van der Waals surface area contributed by atoms with Crippen LogP contribution in [0.25, 0.3) is 0 Å². The van der Waals surface area contributed by atoms with Gasteiger partial charge in [0.25, 0.3) is 0 Å². The Morgan fingerprint density at radius 1 is 1.22 bits per heavy atom. The first-order valence-electron chi connectivity index (χ1n) is 6.18. The van der Waals surface area contributed by atoms with E-state index in [1.54, 1.807) is 0 Å². The molecule has 2 N–H and O–H groups in total. The fourth-order valence-corrected chi connectivity index (χ4v) is 2.97. The van der Waals surface area contributed by atoms with Gasteiger partial charge in [0.05, 0.1) is 6.54 Å². The molecule has 1 heterocycles. The molecule has 1 aliphatic carbocycles. The third kappa shape index (κ3) is 2.38. The van der Waals surface area contributed by atoms with Gasteiger partial charge in [-0.1, -0.05) is 12.8 Å². The maximum atomic E-state index is 11.9. The van der Waals surface area contributed by atoms with Gasteiger partial charge in [-0.3, -0.25) is 14.5 Å². The quantitative estimate of drug-likeness (QED) is 0.699. The Balaban J connectivity index is 2.05. The minimum absolute atomic E-state index is 0.196. The van der Waals surface area contributed by atoms with E-state index in [0.717, 1.165) is 30.6 Å². The predicted octanol–water partition coefficient (Wildman–Crippen LogP) is 0.141. The van der Waals surface area contributed by atoms with Crippen LogP contribution in [0, 0.1) is 5.41 Å². The third-order valence-corrected chi connectivity index (χ3v) is 3.96. The van der Waals surface area contributed by atoms with Crippen LogP contribution in [-0.4, -0.2) is 45.5 Å². The van der Waals surface area contributed by atoms with Crippen LogP contribution in [0.1, 0.15) is 38.5 Å². The van der Waals surface area contributed by atoms with Crippen molar-refractivity contribution in [2.75, 3.05) is 6.54 Å². The van der Waals surface area contributed by atoms with E-state index < -0.39 is 18.6 Å². The molecule has 6 nitrogen and oxygen atoms in total. The van der Waals surface area contributed by atoms with E-state index in [0.29, 0.717) is 12.8 Å². The van der Waals surface area contributed by atoms with Crippen molar-refractivity contribution in [3.63, 3.8) is 0 Å². The zero-order valence-corrected chi connectivity index (χ0v) is 10.1. The Morgan fingerprint density at radius 3 is 2.17 bits per heavy atom. The average Bonchev–Trinajstić information content (AvgIpc) is 2.71.